The van der Waals surface area contributed by atoms with E-state index in [4.69, 9.17) is 9.26 Å². The number of amides is 1. The summed E-state index contributed by atoms with van der Waals surface area (Å²) < 4.78 is 10.9. The van der Waals surface area contributed by atoms with Gasteiger partial charge in [-0.05, 0) is 36.7 Å². The van der Waals surface area contributed by atoms with E-state index in [1.165, 1.54) is 5.56 Å². The zero-order chi connectivity index (χ0) is 20.4. The maximum absolute atomic E-state index is 13.2. The molecule has 154 valence electrons. The fourth-order valence-corrected chi connectivity index (χ4v) is 4.52. The Balaban J connectivity index is 1.55. The largest absolute Gasteiger partial charge is 0.481 e. The molecule has 2 aliphatic rings. The quantitative estimate of drug-likeness (QED) is 0.830. The molecule has 1 amide bonds. The summed E-state index contributed by atoms with van der Waals surface area (Å²) in [5.74, 6) is -0.626. The number of carboxylic acids is 1. The van der Waals surface area contributed by atoms with Crippen LogP contribution in [0, 0.1) is 5.41 Å². The van der Waals surface area contributed by atoms with Crippen LogP contribution in [0.5, 0.6) is 0 Å². The SMILES string of the molecule is CCc1ccc(-c2cc(C(=O)N3CC4(CCOCC4)CC3CC(=O)O)no2)cc1. The second-order valence-electron chi connectivity index (χ2n) is 8.13. The molecule has 2 saturated heterocycles. The van der Waals surface area contributed by atoms with Crippen LogP contribution in [-0.4, -0.2) is 52.8 Å². The highest BCUT2D eigenvalue weighted by atomic mass is 16.5. The van der Waals surface area contributed by atoms with Gasteiger partial charge in [0.1, 0.15) is 0 Å². The van der Waals surface area contributed by atoms with Gasteiger partial charge in [0.15, 0.2) is 11.5 Å². The van der Waals surface area contributed by atoms with Crippen LogP contribution in [0.3, 0.4) is 0 Å². The summed E-state index contributed by atoms with van der Waals surface area (Å²) in [5.41, 5.74) is 2.24. The van der Waals surface area contributed by atoms with Gasteiger partial charge in [0, 0.05) is 37.4 Å². The molecule has 0 bridgehead atoms. The van der Waals surface area contributed by atoms with Gasteiger partial charge in [-0.15, -0.1) is 0 Å². The first-order valence-electron chi connectivity index (χ1n) is 10.2. The van der Waals surface area contributed by atoms with Gasteiger partial charge < -0.3 is 19.3 Å². The third-order valence-electron chi connectivity index (χ3n) is 6.22. The molecule has 1 atom stereocenters. The molecule has 1 aromatic heterocycles. The number of rotatable bonds is 5. The van der Waals surface area contributed by atoms with Crippen molar-refractivity contribution in [2.45, 2.75) is 45.1 Å². The number of hydrogen-bond acceptors (Lipinski definition) is 5. The van der Waals surface area contributed by atoms with Crippen LogP contribution < -0.4 is 0 Å². The molecule has 7 heteroatoms. The molecule has 0 saturated carbocycles. The number of likely N-dealkylation sites (tertiary alicyclic amines) is 1. The Bertz CT molecular complexity index is 883. The molecule has 1 unspecified atom stereocenters. The van der Waals surface area contributed by atoms with E-state index in [0.717, 1.165) is 24.8 Å². The van der Waals surface area contributed by atoms with Crippen molar-refractivity contribution in [3.05, 3.63) is 41.6 Å². The average molecular weight is 398 g/mol. The highest BCUT2D eigenvalue weighted by molar-refractivity contribution is 5.94. The summed E-state index contributed by atoms with van der Waals surface area (Å²) in [6.45, 7) is 3.95. The van der Waals surface area contributed by atoms with Crippen LogP contribution in [0.4, 0.5) is 0 Å². The van der Waals surface area contributed by atoms with Crippen LogP contribution >= 0.6 is 0 Å². The molecule has 2 aromatic rings. The first-order valence-corrected chi connectivity index (χ1v) is 10.2. The highest BCUT2D eigenvalue weighted by Gasteiger charge is 2.47. The van der Waals surface area contributed by atoms with E-state index >= 15 is 0 Å². The van der Waals surface area contributed by atoms with Crippen molar-refractivity contribution in [2.24, 2.45) is 5.41 Å². The first kappa shape index (κ1) is 19.6. The number of nitrogens with zero attached hydrogens (tertiary/aromatic N) is 2. The zero-order valence-electron chi connectivity index (χ0n) is 16.6. The van der Waals surface area contributed by atoms with E-state index in [1.807, 2.05) is 24.3 Å². The molecule has 2 aliphatic heterocycles. The van der Waals surface area contributed by atoms with E-state index in [1.54, 1.807) is 11.0 Å². The molecule has 29 heavy (non-hydrogen) atoms. The van der Waals surface area contributed by atoms with Crippen molar-refractivity contribution < 1.29 is 24.0 Å². The molecule has 2 fully saturated rings. The van der Waals surface area contributed by atoms with Gasteiger partial charge in [0.05, 0.1) is 6.42 Å². The number of carbonyl (C=O) groups is 2. The maximum atomic E-state index is 13.2. The van der Waals surface area contributed by atoms with Crippen molar-refractivity contribution in [2.75, 3.05) is 19.8 Å². The lowest BCUT2D eigenvalue weighted by molar-refractivity contribution is -0.138. The number of carbonyl (C=O) groups excluding carboxylic acids is 1. The highest BCUT2D eigenvalue weighted by Crippen LogP contribution is 2.44. The topological polar surface area (TPSA) is 92.9 Å². The fourth-order valence-electron chi connectivity index (χ4n) is 4.52. The summed E-state index contributed by atoms with van der Waals surface area (Å²) in [6.07, 6.45) is 3.28. The lowest BCUT2D eigenvalue weighted by Crippen LogP contribution is -2.38. The van der Waals surface area contributed by atoms with Crippen LogP contribution in [0.15, 0.2) is 34.9 Å². The number of aromatic nitrogens is 1. The van der Waals surface area contributed by atoms with E-state index in [0.29, 0.717) is 31.9 Å². The molecular formula is C22H26N2O5. The zero-order valence-corrected chi connectivity index (χ0v) is 16.6. The summed E-state index contributed by atoms with van der Waals surface area (Å²) in [5, 5.41) is 13.3. The number of ether oxygens (including phenoxy) is 1. The lowest BCUT2D eigenvalue weighted by atomic mass is 9.78. The predicted octanol–water partition coefficient (Wildman–Crippen LogP) is 3.39. The Kier molecular flexibility index (Phi) is 5.41. The van der Waals surface area contributed by atoms with Crippen LogP contribution in [-0.2, 0) is 16.0 Å². The van der Waals surface area contributed by atoms with Gasteiger partial charge in [-0.2, -0.15) is 0 Å². The van der Waals surface area contributed by atoms with Gasteiger partial charge in [0.2, 0.25) is 0 Å². The molecular weight excluding hydrogens is 372 g/mol. The van der Waals surface area contributed by atoms with Crippen molar-refractivity contribution in [1.82, 2.24) is 10.1 Å². The number of hydrogen-bond donors (Lipinski definition) is 1. The average Bonchev–Trinajstić information content (AvgIpc) is 3.33. The Morgan fingerprint density at radius 2 is 1.97 bits per heavy atom. The lowest BCUT2D eigenvalue weighted by Gasteiger charge is -2.32. The minimum atomic E-state index is -0.895. The van der Waals surface area contributed by atoms with Crippen molar-refractivity contribution in [1.29, 1.82) is 0 Å². The second kappa shape index (κ2) is 7.99. The Morgan fingerprint density at radius 1 is 1.24 bits per heavy atom. The van der Waals surface area contributed by atoms with Gasteiger partial charge in [-0.1, -0.05) is 36.3 Å². The van der Waals surface area contributed by atoms with E-state index in [2.05, 4.69) is 12.1 Å². The molecule has 7 nitrogen and oxygen atoms in total. The van der Waals surface area contributed by atoms with Gasteiger partial charge in [-0.25, -0.2) is 0 Å². The maximum Gasteiger partial charge on any atom is 0.305 e. The van der Waals surface area contributed by atoms with Crippen molar-refractivity contribution >= 4 is 11.9 Å². The summed E-state index contributed by atoms with van der Waals surface area (Å²) >= 11 is 0. The van der Waals surface area contributed by atoms with E-state index in [-0.39, 0.29) is 29.5 Å². The molecule has 1 spiro atoms. The molecule has 4 rings (SSSR count). The normalized spacial score (nSPS) is 20.9. The van der Waals surface area contributed by atoms with Crippen molar-refractivity contribution in [3.63, 3.8) is 0 Å². The second-order valence-corrected chi connectivity index (χ2v) is 8.13. The minimum Gasteiger partial charge on any atom is -0.481 e. The van der Waals surface area contributed by atoms with Crippen LogP contribution in [0.25, 0.3) is 11.3 Å². The first-order chi connectivity index (χ1) is 14.0. The van der Waals surface area contributed by atoms with E-state index in [9.17, 15) is 14.7 Å². The minimum absolute atomic E-state index is 0.0580. The monoisotopic (exact) mass is 398 g/mol. The van der Waals surface area contributed by atoms with Crippen LogP contribution in [0.2, 0.25) is 0 Å². The number of carboxylic acid groups (broad SMARTS) is 1. The fraction of sp³-hybridized carbons (Fsp3) is 0.500. The Labute approximate surface area is 169 Å². The molecule has 0 radical (unpaired) electrons. The predicted molar refractivity (Wildman–Crippen MR) is 105 cm³/mol. The van der Waals surface area contributed by atoms with Gasteiger partial charge in [0.25, 0.3) is 5.91 Å². The number of aryl methyl sites for hydroxylation is 1. The molecule has 1 N–H and O–H groups in total. The van der Waals surface area contributed by atoms with Crippen LogP contribution in [0.1, 0.15) is 48.7 Å². The third-order valence-corrected chi connectivity index (χ3v) is 6.22. The Hall–Kier alpha value is -2.67. The number of benzene rings is 1. The van der Waals surface area contributed by atoms with E-state index < -0.39 is 5.97 Å². The summed E-state index contributed by atoms with van der Waals surface area (Å²) in [7, 11) is 0. The van der Waals surface area contributed by atoms with Gasteiger partial charge >= 0.3 is 5.97 Å². The summed E-state index contributed by atoms with van der Waals surface area (Å²) in [6, 6.07) is 9.27. The standard InChI is InChI=1S/C22H26N2O5/c1-2-15-3-5-16(6-4-15)19-12-18(23-29-19)21(27)24-14-22(7-9-28-10-8-22)13-17(24)11-20(25)26/h3-6,12,17H,2,7-11,13-14H2,1H3,(H,25,26). The third kappa shape index (κ3) is 4.05. The summed E-state index contributed by atoms with van der Waals surface area (Å²) in [4.78, 5) is 26.2. The smallest absolute Gasteiger partial charge is 0.305 e. The molecule has 1 aromatic carbocycles. The molecule has 0 aliphatic carbocycles. The molecule has 3 heterocycles. The van der Waals surface area contributed by atoms with Crippen molar-refractivity contribution in [3.8, 4) is 11.3 Å². The Morgan fingerprint density at radius 3 is 2.62 bits per heavy atom. The van der Waals surface area contributed by atoms with Gasteiger partial charge in [-0.3, -0.25) is 9.59 Å². The number of aliphatic carboxylic acids is 1.